The molecule has 3 heterocycles. The molecule has 182 valence electrons. The molecule has 6 nitrogen and oxygen atoms in total. The molecule has 1 N–H and O–H groups in total. The highest BCUT2D eigenvalue weighted by Crippen LogP contribution is 2.52. The number of furan rings is 1. The fourth-order valence-corrected chi connectivity index (χ4v) is 6.33. The van der Waals surface area contributed by atoms with E-state index in [1.54, 1.807) is 12.1 Å². The first kappa shape index (κ1) is 22.4. The van der Waals surface area contributed by atoms with Gasteiger partial charge in [0.05, 0.1) is 25.0 Å². The minimum Gasteiger partial charge on any atom is -0.493 e. The number of ether oxygens (including phenoxy) is 2. The van der Waals surface area contributed by atoms with E-state index in [2.05, 4.69) is 52.7 Å². The Morgan fingerprint density at radius 2 is 2.00 bits per heavy atom. The summed E-state index contributed by atoms with van der Waals surface area (Å²) in [7, 11) is 0. The van der Waals surface area contributed by atoms with Crippen LogP contribution < -0.4 is 10.1 Å². The number of piperidine rings is 1. The van der Waals surface area contributed by atoms with Crippen molar-refractivity contribution in [1.29, 1.82) is 0 Å². The lowest BCUT2D eigenvalue weighted by Gasteiger charge is -2.44. The predicted octanol–water partition coefficient (Wildman–Crippen LogP) is 4.64. The van der Waals surface area contributed by atoms with E-state index in [1.807, 2.05) is 6.92 Å². The van der Waals surface area contributed by atoms with Gasteiger partial charge in [-0.15, -0.1) is 0 Å². The molecule has 0 saturated carbocycles. The summed E-state index contributed by atoms with van der Waals surface area (Å²) in [6.07, 6.45) is 4.42. The molecule has 1 saturated heterocycles. The van der Waals surface area contributed by atoms with Gasteiger partial charge in [-0.05, 0) is 73.3 Å². The highest BCUT2D eigenvalue weighted by molar-refractivity contribution is 5.91. The number of benzene rings is 2. The lowest BCUT2D eigenvalue weighted by atomic mass is 9.71. The number of nitrogens with one attached hydrogen (secondary N) is 1. The first-order valence-corrected chi connectivity index (χ1v) is 12.7. The lowest BCUT2D eigenvalue weighted by molar-refractivity contribution is -0.0336. The van der Waals surface area contributed by atoms with Gasteiger partial charge in [0.15, 0.2) is 5.76 Å². The summed E-state index contributed by atoms with van der Waals surface area (Å²) in [6, 6.07) is 18.4. The number of likely N-dealkylation sites (tertiary alicyclic amines) is 1. The Bertz CT molecular complexity index is 1200. The maximum atomic E-state index is 13.0. The molecule has 1 amide bonds. The zero-order valence-corrected chi connectivity index (χ0v) is 20.2. The molecule has 2 aromatic carbocycles. The maximum absolute atomic E-state index is 13.0. The Balaban J connectivity index is 1.23. The summed E-state index contributed by atoms with van der Waals surface area (Å²) >= 11 is 0. The molecule has 2 atom stereocenters. The van der Waals surface area contributed by atoms with Gasteiger partial charge in [-0.3, -0.25) is 9.69 Å². The summed E-state index contributed by atoms with van der Waals surface area (Å²) in [5.41, 5.74) is 5.04. The predicted molar refractivity (Wildman–Crippen MR) is 133 cm³/mol. The Hall–Kier alpha value is -3.09. The first-order valence-electron chi connectivity index (χ1n) is 12.7. The van der Waals surface area contributed by atoms with Crippen LogP contribution in [0, 0.1) is 0 Å². The second-order valence-corrected chi connectivity index (χ2v) is 9.86. The number of carbonyl (C=O) groups excluding carboxylic acids is 1. The van der Waals surface area contributed by atoms with Crippen LogP contribution in [0.2, 0.25) is 0 Å². The molecular weight excluding hydrogens is 440 g/mol. The van der Waals surface area contributed by atoms with Crippen LogP contribution in [0.15, 0.2) is 65.3 Å². The summed E-state index contributed by atoms with van der Waals surface area (Å²) in [6.45, 7) is 6.36. The van der Waals surface area contributed by atoms with E-state index in [0.29, 0.717) is 12.4 Å². The Labute approximate surface area is 206 Å². The fraction of sp³-hybridized carbons (Fsp3) is 0.414. The van der Waals surface area contributed by atoms with Crippen molar-refractivity contribution in [3.63, 3.8) is 0 Å². The van der Waals surface area contributed by atoms with Gasteiger partial charge < -0.3 is 19.2 Å². The van der Waals surface area contributed by atoms with Crippen molar-refractivity contribution < 1.29 is 18.7 Å². The van der Waals surface area contributed by atoms with Gasteiger partial charge in [-0.25, -0.2) is 0 Å². The number of carbonyl (C=O) groups is 1. The van der Waals surface area contributed by atoms with Gasteiger partial charge in [0.1, 0.15) is 5.75 Å². The number of amides is 1. The van der Waals surface area contributed by atoms with Crippen LogP contribution in [-0.2, 0) is 23.1 Å². The van der Waals surface area contributed by atoms with Crippen molar-refractivity contribution >= 4 is 5.91 Å². The first-order chi connectivity index (χ1) is 17.2. The van der Waals surface area contributed by atoms with Gasteiger partial charge in [-0.1, -0.05) is 36.4 Å². The van der Waals surface area contributed by atoms with Crippen molar-refractivity contribution in [3.8, 4) is 5.75 Å². The Morgan fingerprint density at radius 3 is 2.80 bits per heavy atom. The smallest absolute Gasteiger partial charge is 0.287 e. The van der Waals surface area contributed by atoms with Gasteiger partial charge in [0.2, 0.25) is 0 Å². The number of nitrogens with zero attached hydrogens (tertiary/aromatic N) is 1. The second kappa shape index (κ2) is 9.17. The normalized spacial score (nSPS) is 22.5. The molecule has 0 radical (unpaired) electrons. The highest BCUT2D eigenvalue weighted by atomic mass is 16.5. The van der Waals surface area contributed by atoms with Crippen LogP contribution in [0.1, 0.15) is 58.6 Å². The zero-order valence-electron chi connectivity index (χ0n) is 20.2. The van der Waals surface area contributed by atoms with E-state index >= 15 is 0 Å². The summed E-state index contributed by atoms with van der Waals surface area (Å²) in [5, 5.41) is 3.24. The van der Waals surface area contributed by atoms with E-state index in [0.717, 1.165) is 56.8 Å². The molecule has 3 aliphatic rings. The third-order valence-electron chi connectivity index (χ3n) is 7.97. The maximum Gasteiger partial charge on any atom is 0.287 e. The number of hydrogen-bond acceptors (Lipinski definition) is 5. The van der Waals surface area contributed by atoms with Gasteiger partial charge in [0.25, 0.3) is 5.91 Å². The molecular formula is C29H32N2O4. The van der Waals surface area contributed by atoms with Gasteiger partial charge >= 0.3 is 0 Å². The Kier molecular flexibility index (Phi) is 5.86. The minimum absolute atomic E-state index is 0.108. The molecule has 2 aliphatic heterocycles. The third-order valence-corrected chi connectivity index (χ3v) is 7.97. The van der Waals surface area contributed by atoms with Crippen LogP contribution in [0.25, 0.3) is 0 Å². The summed E-state index contributed by atoms with van der Waals surface area (Å²) in [4.78, 5) is 15.5. The molecule has 6 rings (SSSR count). The van der Waals surface area contributed by atoms with Crippen LogP contribution in [0.5, 0.6) is 5.75 Å². The van der Waals surface area contributed by atoms with Gasteiger partial charge in [0, 0.05) is 25.0 Å². The molecule has 0 unspecified atom stereocenters. The number of hydrogen-bond donors (Lipinski definition) is 1. The second-order valence-electron chi connectivity index (χ2n) is 9.86. The van der Waals surface area contributed by atoms with Crippen LogP contribution in [0.4, 0.5) is 0 Å². The van der Waals surface area contributed by atoms with Crippen LogP contribution >= 0.6 is 0 Å². The van der Waals surface area contributed by atoms with E-state index in [9.17, 15) is 4.79 Å². The third kappa shape index (κ3) is 3.95. The Morgan fingerprint density at radius 1 is 1.14 bits per heavy atom. The molecule has 3 aromatic rings. The standard InChI is InChI=1S/C29H32N2O4/c1-2-33-27-26(30-28(32)25-8-5-16-34-25)22-6-3-4-7-23(22)29(27)12-14-31(15-13-29)19-20-9-10-24-21(18-20)11-17-35-24/h3-10,16,18,26-27H,2,11-15,17,19H2,1H3,(H,30,32)/t26-,27+/m1/s1. The van der Waals surface area contributed by atoms with Crippen molar-refractivity contribution in [2.75, 3.05) is 26.3 Å². The van der Waals surface area contributed by atoms with E-state index in [-0.39, 0.29) is 23.5 Å². The van der Waals surface area contributed by atoms with E-state index in [1.165, 1.54) is 23.0 Å². The van der Waals surface area contributed by atoms with E-state index < -0.39 is 0 Å². The summed E-state index contributed by atoms with van der Waals surface area (Å²) < 4.78 is 17.5. The topological polar surface area (TPSA) is 63.9 Å². The van der Waals surface area contributed by atoms with Crippen LogP contribution in [0.3, 0.4) is 0 Å². The van der Waals surface area contributed by atoms with Crippen molar-refractivity contribution in [1.82, 2.24) is 10.2 Å². The molecule has 1 aliphatic carbocycles. The van der Waals surface area contributed by atoms with Crippen molar-refractivity contribution in [3.05, 3.63) is 88.9 Å². The molecule has 1 aromatic heterocycles. The fourth-order valence-electron chi connectivity index (χ4n) is 6.33. The number of fused-ring (bicyclic) bond motifs is 3. The zero-order chi connectivity index (χ0) is 23.8. The molecule has 0 bridgehead atoms. The van der Waals surface area contributed by atoms with Crippen molar-refractivity contribution in [2.45, 2.75) is 50.3 Å². The molecule has 1 fully saturated rings. The molecule has 6 heteroatoms. The van der Waals surface area contributed by atoms with Crippen molar-refractivity contribution in [2.24, 2.45) is 0 Å². The highest BCUT2D eigenvalue weighted by Gasteiger charge is 2.54. The van der Waals surface area contributed by atoms with Crippen LogP contribution in [-0.4, -0.2) is 43.2 Å². The van der Waals surface area contributed by atoms with Gasteiger partial charge in [-0.2, -0.15) is 0 Å². The number of rotatable bonds is 6. The quantitative estimate of drug-likeness (QED) is 0.566. The monoisotopic (exact) mass is 472 g/mol. The summed E-state index contributed by atoms with van der Waals surface area (Å²) in [5.74, 6) is 1.17. The molecule has 1 spiro atoms. The average molecular weight is 473 g/mol. The average Bonchev–Trinajstić information content (AvgIpc) is 3.63. The molecule has 35 heavy (non-hydrogen) atoms. The SMILES string of the molecule is CCO[C@H]1[C@H](NC(=O)c2ccco2)c2ccccc2C12CCN(Cc1ccc3c(c1)CCO3)CC2. The largest absolute Gasteiger partial charge is 0.493 e. The lowest BCUT2D eigenvalue weighted by Crippen LogP contribution is -2.50. The minimum atomic E-state index is -0.202. The van der Waals surface area contributed by atoms with E-state index in [4.69, 9.17) is 13.9 Å².